The van der Waals surface area contributed by atoms with E-state index in [-0.39, 0.29) is 29.2 Å². The molecule has 2 aromatic heterocycles. The van der Waals surface area contributed by atoms with Crippen molar-refractivity contribution in [3.8, 4) is 0 Å². The monoisotopic (exact) mass is 379 g/mol. The molecule has 0 radical (unpaired) electrons. The Labute approximate surface area is 156 Å². The quantitative estimate of drug-likeness (QED) is 0.769. The molecule has 1 amide bonds. The number of aromatic nitrogens is 2. The summed E-state index contributed by atoms with van der Waals surface area (Å²) in [6.45, 7) is 5.62. The highest BCUT2D eigenvalue weighted by molar-refractivity contribution is 6.34. The van der Waals surface area contributed by atoms with Crippen molar-refractivity contribution in [2.45, 2.75) is 38.4 Å². The summed E-state index contributed by atoms with van der Waals surface area (Å²) in [6, 6.07) is 3.27. The fraction of sp³-hybridized carbons (Fsp3) is 0.500. The van der Waals surface area contributed by atoms with Crippen LogP contribution in [-0.4, -0.2) is 44.3 Å². The number of carbonyl (C=O) groups is 1. The van der Waals surface area contributed by atoms with E-state index in [9.17, 15) is 14.7 Å². The van der Waals surface area contributed by atoms with Crippen molar-refractivity contribution in [1.29, 1.82) is 0 Å². The van der Waals surface area contributed by atoms with E-state index >= 15 is 0 Å². The van der Waals surface area contributed by atoms with Crippen molar-refractivity contribution >= 4 is 28.6 Å². The van der Waals surface area contributed by atoms with Crippen molar-refractivity contribution < 1.29 is 14.6 Å². The molecule has 0 saturated carbocycles. The van der Waals surface area contributed by atoms with Crippen LogP contribution in [0.25, 0.3) is 10.9 Å². The Kier molecular flexibility index (Phi) is 4.48. The van der Waals surface area contributed by atoms with E-state index < -0.39 is 17.3 Å². The molecule has 3 rings (SSSR count). The number of carbonyl (C=O) groups excluding carboxylic acids is 1. The fourth-order valence-corrected chi connectivity index (χ4v) is 3.40. The molecule has 1 saturated heterocycles. The summed E-state index contributed by atoms with van der Waals surface area (Å²) in [4.78, 5) is 30.5. The average molecular weight is 380 g/mol. The van der Waals surface area contributed by atoms with Gasteiger partial charge in [-0.2, -0.15) is 0 Å². The topological polar surface area (TPSA) is 84.7 Å². The van der Waals surface area contributed by atoms with Crippen LogP contribution in [0.4, 0.5) is 4.79 Å². The molecule has 7 nitrogen and oxygen atoms in total. The van der Waals surface area contributed by atoms with Gasteiger partial charge in [-0.3, -0.25) is 4.79 Å². The summed E-state index contributed by atoms with van der Waals surface area (Å²) in [5.41, 5.74) is -1.58. The Morgan fingerprint density at radius 1 is 1.42 bits per heavy atom. The van der Waals surface area contributed by atoms with Crippen molar-refractivity contribution in [3.63, 3.8) is 0 Å². The smallest absolute Gasteiger partial charge is 0.410 e. The van der Waals surface area contributed by atoms with Gasteiger partial charge < -0.3 is 19.3 Å². The summed E-state index contributed by atoms with van der Waals surface area (Å²) in [5.74, 6) is 0. The van der Waals surface area contributed by atoms with E-state index in [1.165, 1.54) is 15.7 Å². The molecule has 3 heterocycles. The van der Waals surface area contributed by atoms with Gasteiger partial charge >= 0.3 is 6.09 Å². The third kappa shape index (κ3) is 3.29. The number of pyridine rings is 2. The molecule has 8 heteroatoms. The van der Waals surface area contributed by atoms with Gasteiger partial charge in [-0.05, 0) is 32.9 Å². The van der Waals surface area contributed by atoms with Gasteiger partial charge in [0.2, 0.25) is 0 Å². The van der Waals surface area contributed by atoms with Crippen LogP contribution in [0.3, 0.4) is 0 Å². The summed E-state index contributed by atoms with van der Waals surface area (Å²) >= 11 is 6.16. The Balaban J connectivity index is 1.99. The number of halogens is 1. The van der Waals surface area contributed by atoms with Gasteiger partial charge in [0.15, 0.2) is 0 Å². The van der Waals surface area contributed by atoms with Gasteiger partial charge in [0, 0.05) is 31.6 Å². The van der Waals surface area contributed by atoms with Crippen molar-refractivity contribution in [2.75, 3.05) is 13.1 Å². The van der Waals surface area contributed by atoms with Gasteiger partial charge in [0.1, 0.15) is 16.4 Å². The maximum atomic E-state index is 12.8. The second-order valence-electron chi connectivity index (χ2n) is 7.64. The highest BCUT2D eigenvalue weighted by Crippen LogP contribution is 2.33. The SMILES string of the molecule is Cn1c(=O)c(C2(O)CCN(C(=O)OC(C)(C)C)C2)cc2c(Cl)nccc21. The maximum Gasteiger partial charge on any atom is 0.410 e. The molecule has 0 spiro atoms. The number of amides is 1. The number of ether oxygens (including phenoxy) is 1. The summed E-state index contributed by atoms with van der Waals surface area (Å²) in [7, 11) is 1.62. The van der Waals surface area contributed by atoms with Gasteiger partial charge in [0.05, 0.1) is 17.6 Å². The van der Waals surface area contributed by atoms with Crippen LogP contribution in [0.1, 0.15) is 32.8 Å². The molecule has 1 aliphatic rings. The van der Waals surface area contributed by atoms with E-state index in [4.69, 9.17) is 16.3 Å². The molecule has 26 heavy (non-hydrogen) atoms. The van der Waals surface area contributed by atoms with Crippen LogP contribution < -0.4 is 5.56 Å². The van der Waals surface area contributed by atoms with Crippen LogP contribution >= 0.6 is 11.6 Å². The first-order valence-electron chi connectivity index (χ1n) is 8.37. The Morgan fingerprint density at radius 2 is 2.12 bits per heavy atom. The lowest BCUT2D eigenvalue weighted by Gasteiger charge is -2.26. The zero-order valence-corrected chi connectivity index (χ0v) is 16.0. The third-order valence-electron chi connectivity index (χ3n) is 4.50. The maximum absolute atomic E-state index is 12.8. The van der Waals surface area contributed by atoms with Crippen LogP contribution in [-0.2, 0) is 17.4 Å². The highest BCUT2D eigenvalue weighted by atomic mass is 35.5. The Hall–Kier alpha value is -2.12. The number of likely N-dealkylation sites (tertiary alicyclic amines) is 1. The Morgan fingerprint density at radius 3 is 2.77 bits per heavy atom. The number of hydrogen-bond acceptors (Lipinski definition) is 5. The van der Waals surface area contributed by atoms with Crippen molar-refractivity contribution in [3.05, 3.63) is 39.4 Å². The summed E-state index contributed by atoms with van der Waals surface area (Å²) in [6.07, 6.45) is 1.26. The molecule has 1 N–H and O–H groups in total. The average Bonchev–Trinajstić information content (AvgIpc) is 2.93. The predicted molar refractivity (Wildman–Crippen MR) is 98.3 cm³/mol. The highest BCUT2D eigenvalue weighted by Gasteiger charge is 2.43. The molecule has 1 fully saturated rings. The normalized spacial score (nSPS) is 20.6. The fourth-order valence-electron chi connectivity index (χ4n) is 3.19. The molecular weight excluding hydrogens is 358 g/mol. The van der Waals surface area contributed by atoms with Crippen LogP contribution in [0.2, 0.25) is 5.15 Å². The van der Waals surface area contributed by atoms with Crippen LogP contribution in [0.5, 0.6) is 0 Å². The molecule has 1 unspecified atom stereocenters. The van der Waals surface area contributed by atoms with Gasteiger partial charge in [0.25, 0.3) is 5.56 Å². The third-order valence-corrected chi connectivity index (χ3v) is 4.81. The summed E-state index contributed by atoms with van der Waals surface area (Å²) in [5, 5.41) is 11.9. The molecule has 2 aromatic rings. The first kappa shape index (κ1) is 18.7. The number of β-amino-alcohol motifs (C(OH)–C–C–N with tert-alkyl or cyclic N) is 1. The zero-order valence-electron chi connectivity index (χ0n) is 15.2. The minimum absolute atomic E-state index is 0.0134. The minimum Gasteiger partial charge on any atom is -0.444 e. The van der Waals surface area contributed by atoms with Gasteiger partial charge in [-0.15, -0.1) is 0 Å². The second-order valence-corrected chi connectivity index (χ2v) is 8.00. The van der Waals surface area contributed by atoms with E-state index in [1.807, 2.05) is 0 Å². The first-order chi connectivity index (χ1) is 12.0. The lowest BCUT2D eigenvalue weighted by atomic mass is 9.93. The van der Waals surface area contributed by atoms with Crippen LogP contribution in [0, 0.1) is 0 Å². The van der Waals surface area contributed by atoms with Crippen molar-refractivity contribution in [2.24, 2.45) is 7.05 Å². The molecule has 1 atom stereocenters. The molecular formula is C18H22ClN3O4. The molecule has 140 valence electrons. The second kappa shape index (κ2) is 6.25. The van der Waals surface area contributed by atoms with Gasteiger partial charge in [-0.25, -0.2) is 9.78 Å². The van der Waals surface area contributed by atoms with Crippen molar-refractivity contribution in [1.82, 2.24) is 14.5 Å². The van der Waals surface area contributed by atoms with E-state index in [0.717, 1.165) is 0 Å². The number of fused-ring (bicyclic) bond motifs is 1. The van der Waals surface area contributed by atoms with E-state index in [1.54, 1.807) is 40.0 Å². The number of hydrogen-bond donors (Lipinski definition) is 1. The van der Waals surface area contributed by atoms with Crippen LogP contribution in [0.15, 0.2) is 23.1 Å². The molecule has 1 aliphatic heterocycles. The number of aliphatic hydroxyl groups is 1. The standard InChI is InChI=1S/C18H22ClN3O4/c1-17(2,3)26-16(24)22-8-6-18(25,10-22)12-9-11-13(21(4)15(12)23)5-7-20-14(11)19/h5,7,9,25H,6,8,10H2,1-4H3. The zero-order chi connectivity index (χ0) is 19.3. The Bertz CT molecular complexity index is 934. The predicted octanol–water partition coefficient (Wildman–Crippen LogP) is 2.42. The molecule has 0 bridgehead atoms. The van der Waals surface area contributed by atoms with E-state index in [0.29, 0.717) is 17.4 Å². The number of aryl methyl sites for hydroxylation is 1. The first-order valence-corrected chi connectivity index (χ1v) is 8.75. The largest absolute Gasteiger partial charge is 0.444 e. The number of rotatable bonds is 1. The summed E-state index contributed by atoms with van der Waals surface area (Å²) < 4.78 is 6.79. The van der Waals surface area contributed by atoms with E-state index in [2.05, 4.69) is 4.98 Å². The lowest BCUT2D eigenvalue weighted by Crippen LogP contribution is -2.40. The minimum atomic E-state index is -1.46. The van der Waals surface area contributed by atoms with Gasteiger partial charge in [-0.1, -0.05) is 11.6 Å². The number of nitrogens with zero attached hydrogens (tertiary/aromatic N) is 3. The molecule has 0 aromatic carbocycles. The lowest BCUT2D eigenvalue weighted by molar-refractivity contribution is 0.0135. The molecule has 0 aliphatic carbocycles.